The van der Waals surface area contributed by atoms with E-state index in [1.54, 1.807) is 0 Å². The lowest BCUT2D eigenvalue weighted by Gasteiger charge is -2.14. The van der Waals surface area contributed by atoms with Gasteiger partial charge in [-0.3, -0.25) is 4.79 Å². The van der Waals surface area contributed by atoms with Gasteiger partial charge >= 0.3 is 5.97 Å². The van der Waals surface area contributed by atoms with E-state index in [-0.39, 0.29) is 5.92 Å². The normalized spacial score (nSPS) is 27.0. The molecule has 1 aliphatic rings. The number of carboxylic acid groups (broad SMARTS) is 1. The van der Waals surface area contributed by atoms with Crippen molar-refractivity contribution in [3.8, 4) is 0 Å². The first-order valence-corrected chi connectivity index (χ1v) is 5.84. The summed E-state index contributed by atoms with van der Waals surface area (Å²) in [5.41, 5.74) is 0. The Morgan fingerprint density at radius 2 is 2.27 bits per heavy atom. The Morgan fingerprint density at radius 3 is 2.80 bits per heavy atom. The first-order valence-electron chi connectivity index (χ1n) is 5.84. The summed E-state index contributed by atoms with van der Waals surface area (Å²) in [5, 5.41) is 9.11. The van der Waals surface area contributed by atoms with Gasteiger partial charge in [0.2, 0.25) is 0 Å². The summed E-state index contributed by atoms with van der Waals surface area (Å²) < 4.78 is 0. The van der Waals surface area contributed by atoms with Crippen LogP contribution in [0.1, 0.15) is 26.2 Å². The summed E-state index contributed by atoms with van der Waals surface area (Å²) in [6.07, 6.45) is 3.65. The molecule has 84 valence electrons. The minimum atomic E-state index is -0.643. The number of nitrogens with zero attached hydrogens (tertiary/aromatic N) is 1. The molecule has 1 aliphatic heterocycles. The van der Waals surface area contributed by atoms with Gasteiger partial charge in [-0.25, -0.2) is 0 Å². The van der Waals surface area contributed by atoms with Gasteiger partial charge in [0.05, 0.1) is 13.8 Å². The van der Waals surface area contributed by atoms with Crippen LogP contribution in [0.4, 0.5) is 0 Å². The average molecular weight is 209 g/mol. The molecule has 0 unspecified atom stereocenters. The number of hydrogen-bond donors (Lipinski definition) is 1. The van der Waals surface area contributed by atoms with Crippen LogP contribution in [-0.2, 0) is 4.79 Å². The third-order valence-electron chi connectivity index (χ3n) is 3.15. The smallest absolute Gasteiger partial charge is 0.308 e. The topological polar surface area (TPSA) is 40.5 Å². The van der Waals surface area contributed by atoms with Crippen molar-refractivity contribution in [2.45, 2.75) is 32.5 Å². The summed E-state index contributed by atoms with van der Waals surface area (Å²) in [6, 6.07) is 0. The molecule has 1 saturated heterocycles. The summed E-state index contributed by atoms with van der Waals surface area (Å²) in [5.74, 6) is -0.517. The van der Waals surface area contributed by atoms with E-state index in [0.717, 1.165) is 38.9 Å². The van der Waals surface area contributed by atoms with Crippen LogP contribution in [0.15, 0.2) is 0 Å². The van der Waals surface area contributed by atoms with Crippen LogP contribution >= 0.6 is 0 Å². The van der Waals surface area contributed by atoms with Crippen LogP contribution in [0.5, 0.6) is 0 Å². The van der Waals surface area contributed by atoms with Crippen molar-refractivity contribution >= 4 is 13.8 Å². The molecule has 1 rings (SSSR count). The second-order valence-corrected chi connectivity index (χ2v) is 4.40. The fourth-order valence-corrected chi connectivity index (χ4v) is 2.41. The molecule has 1 N–H and O–H groups in total. The molecule has 15 heavy (non-hydrogen) atoms. The number of aliphatic carboxylic acids is 1. The van der Waals surface area contributed by atoms with Gasteiger partial charge in [0.25, 0.3) is 0 Å². The zero-order valence-electron chi connectivity index (χ0n) is 9.48. The van der Waals surface area contributed by atoms with Gasteiger partial charge in [0.15, 0.2) is 0 Å². The molecule has 0 aromatic heterocycles. The fourth-order valence-electron chi connectivity index (χ4n) is 2.41. The van der Waals surface area contributed by atoms with E-state index >= 15 is 0 Å². The van der Waals surface area contributed by atoms with E-state index in [4.69, 9.17) is 13.0 Å². The molecule has 1 fully saturated rings. The van der Waals surface area contributed by atoms with E-state index in [1.807, 2.05) is 0 Å². The van der Waals surface area contributed by atoms with Gasteiger partial charge < -0.3 is 10.0 Å². The first kappa shape index (κ1) is 12.6. The second-order valence-electron chi connectivity index (χ2n) is 4.40. The van der Waals surface area contributed by atoms with Gasteiger partial charge in [-0.05, 0) is 25.3 Å². The van der Waals surface area contributed by atoms with E-state index in [9.17, 15) is 4.79 Å². The van der Waals surface area contributed by atoms with E-state index in [1.165, 1.54) is 0 Å². The molecule has 0 aromatic carbocycles. The highest BCUT2D eigenvalue weighted by molar-refractivity contribution is 6.08. The standard InChI is InChI=1S/C11H20BNO2/c1-2-6-13-7-9(4-3-5-12)10(8-13)11(14)15/h9-10H,2-8H2,1H3,(H,14,15)/t9-,10+/m0/s1. The van der Waals surface area contributed by atoms with Gasteiger partial charge in [-0.1, -0.05) is 19.7 Å². The average Bonchev–Trinajstić information content (AvgIpc) is 2.59. The molecular formula is C11H20BNO2. The molecule has 2 atom stereocenters. The molecule has 1 heterocycles. The van der Waals surface area contributed by atoms with Gasteiger partial charge in [-0.15, -0.1) is 0 Å². The summed E-state index contributed by atoms with van der Waals surface area (Å²) in [4.78, 5) is 13.3. The minimum absolute atomic E-state index is 0.178. The van der Waals surface area contributed by atoms with Crippen molar-refractivity contribution in [1.29, 1.82) is 0 Å². The molecule has 3 nitrogen and oxygen atoms in total. The summed E-state index contributed by atoms with van der Waals surface area (Å²) in [7, 11) is 5.46. The van der Waals surface area contributed by atoms with Crippen LogP contribution in [-0.4, -0.2) is 43.5 Å². The molecule has 0 aromatic rings. The number of rotatable bonds is 6. The first-order chi connectivity index (χ1) is 7.19. The lowest BCUT2D eigenvalue weighted by molar-refractivity contribution is -0.142. The number of likely N-dealkylation sites (tertiary alicyclic amines) is 1. The Bertz CT molecular complexity index is 211. The summed E-state index contributed by atoms with van der Waals surface area (Å²) in [6.45, 7) is 4.80. The minimum Gasteiger partial charge on any atom is -0.481 e. The van der Waals surface area contributed by atoms with Crippen molar-refractivity contribution in [1.82, 2.24) is 4.90 Å². The van der Waals surface area contributed by atoms with Crippen LogP contribution < -0.4 is 0 Å². The highest BCUT2D eigenvalue weighted by Gasteiger charge is 2.36. The summed E-state index contributed by atoms with van der Waals surface area (Å²) >= 11 is 0. The van der Waals surface area contributed by atoms with Crippen molar-refractivity contribution in [2.75, 3.05) is 19.6 Å². The van der Waals surface area contributed by atoms with Crippen LogP contribution in [0.3, 0.4) is 0 Å². The molecule has 2 radical (unpaired) electrons. The van der Waals surface area contributed by atoms with Gasteiger partial charge in [0, 0.05) is 13.1 Å². The monoisotopic (exact) mass is 209 g/mol. The largest absolute Gasteiger partial charge is 0.481 e. The molecule has 0 aliphatic carbocycles. The van der Waals surface area contributed by atoms with Crippen LogP contribution in [0.25, 0.3) is 0 Å². The van der Waals surface area contributed by atoms with Crippen LogP contribution in [0, 0.1) is 11.8 Å². The highest BCUT2D eigenvalue weighted by Crippen LogP contribution is 2.28. The lowest BCUT2D eigenvalue weighted by atomic mass is 9.88. The van der Waals surface area contributed by atoms with Crippen molar-refractivity contribution in [3.63, 3.8) is 0 Å². The molecule has 0 bridgehead atoms. The fraction of sp³-hybridized carbons (Fsp3) is 0.909. The predicted octanol–water partition coefficient (Wildman–Crippen LogP) is 1.40. The molecule has 4 heteroatoms. The SMILES string of the molecule is [B]CCC[C@H]1CN(CCC)C[C@H]1C(=O)O. The number of carboxylic acids is 1. The second kappa shape index (κ2) is 6.16. The Morgan fingerprint density at radius 1 is 1.53 bits per heavy atom. The van der Waals surface area contributed by atoms with E-state index < -0.39 is 5.97 Å². The third kappa shape index (κ3) is 3.52. The highest BCUT2D eigenvalue weighted by atomic mass is 16.4. The number of carbonyl (C=O) groups is 1. The Balaban J connectivity index is 2.47. The maximum atomic E-state index is 11.1. The number of hydrogen-bond acceptors (Lipinski definition) is 2. The lowest BCUT2D eigenvalue weighted by Crippen LogP contribution is -2.24. The maximum Gasteiger partial charge on any atom is 0.308 e. The van der Waals surface area contributed by atoms with Crippen molar-refractivity contribution in [3.05, 3.63) is 0 Å². The third-order valence-corrected chi connectivity index (χ3v) is 3.15. The van der Waals surface area contributed by atoms with E-state index in [2.05, 4.69) is 11.8 Å². The van der Waals surface area contributed by atoms with Gasteiger partial charge in [0.1, 0.15) is 0 Å². The maximum absolute atomic E-state index is 11.1. The van der Waals surface area contributed by atoms with Crippen LogP contribution in [0.2, 0.25) is 6.32 Å². The molecule has 0 spiro atoms. The van der Waals surface area contributed by atoms with Gasteiger partial charge in [-0.2, -0.15) is 0 Å². The quantitative estimate of drug-likeness (QED) is 0.672. The Hall–Kier alpha value is -0.505. The molecule has 0 saturated carbocycles. The molecule has 0 amide bonds. The zero-order chi connectivity index (χ0) is 11.3. The molecular weight excluding hydrogens is 189 g/mol. The van der Waals surface area contributed by atoms with E-state index in [0.29, 0.717) is 12.2 Å². The predicted molar refractivity (Wildman–Crippen MR) is 61.1 cm³/mol. The van der Waals surface area contributed by atoms with Crippen molar-refractivity contribution in [2.24, 2.45) is 11.8 Å². The zero-order valence-corrected chi connectivity index (χ0v) is 9.48. The Kier molecular flexibility index (Phi) is 5.16. The Labute approximate surface area is 93.3 Å². The van der Waals surface area contributed by atoms with Crippen molar-refractivity contribution < 1.29 is 9.90 Å².